The summed E-state index contributed by atoms with van der Waals surface area (Å²) in [4.78, 5) is 8.60. The summed E-state index contributed by atoms with van der Waals surface area (Å²) in [6.45, 7) is 0. The number of hydrogen-bond acceptors (Lipinski definition) is 4. The molecule has 2 aromatic carbocycles. The van der Waals surface area contributed by atoms with Gasteiger partial charge in [0, 0.05) is 21.6 Å². The van der Waals surface area contributed by atoms with Crippen molar-refractivity contribution >= 4 is 102 Å². The second-order valence-corrected chi connectivity index (χ2v) is 7.66. The lowest BCUT2D eigenvalue weighted by atomic mass is 10.3. The van der Waals surface area contributed by atoms with E-state index in [1.165, 1.54) is 23.5 Å². The molecular formula is C16H18Br2Cl2N4S2. The summed E-state index contributed by atoms with van der Waals surface area (Å²) in [6, 6.07) is 14.5. The number of nitrogens with two attached hydrogens (primary N) is 2. The van der Waals surface area contributed by atoms with Crippen LogP contribution in [-0.2, 0) is 0 Å². The second kappa shape index (κ2) is 13.7. The van der Waals surface area contributed by atoms with Crippen LogP contribution in [-0.4, -0.2) is 21.8 Å². The van der Waals surface area contributed by atoms with E-state index in [2.05, 4.69) is 9.98 Å². The number of hydrogen-bond donors (Lipinski definition) is 2. The minimum Gasteiger partial charge on any atom is -0.378 e. The first-order chi connectivity index (χ1) is 11.5. The van der Waals surface area contributed by atoms with Crippen molar-refractivity contribution in [2.45, 2.75) is 0 Å². The zero-order valence-corrected chi connectivity index (χ0v) is 20.0. The van der Waals surface area contributed by atoms with Crippen molar-refractivity contribution in [1.29, 1.82) is 0 Å². The Morgan fingerprint density at radius 2 is 1.15 bits per heavy atom. The third kappa shape index (κ3) is 10.1. The normalized spacial score (nSPS) is 11.5. The smallest absolute Gasteiger partial charge is 0.159 e. The van der Waals surface area contributed by atoms with E-state index in [1.54, 1.807) is 24.3 Å². The summed E-state index contributed by atoms with van der Waals surface area (Å²) < 4.78 is 0. The van der Waals surface area contributed by atoms with E-state index in [-0.39, 0.29) is 34.0 Å². The summed E-state index contributed by atoms with van der Waals surface area (Å²) in [5, 5.41) is 2.25. The van der Waals surface area contributed by atoms with Crippen LogP contribution in [0.1, 0.15) is 0 Å². The number of thioether (sulfide) groups is 2. The summed E-state index contributed by atoms with van der Waals surface area (Å²) in [6.07, 6.45) is 0. The van der Waals surface area contributed by atoms with Crippen LogP contribution in [0.5, 0.6) is 0 Å². The maximum atomic E-state index is 5.91. The summed E-state index contributed by atoms with van der Waals surface area (Å²) >= 11 is 14.7. The maximum absolute atomic E-state index is 5.91. The quantitative estimate of drug-likeness (QED) is 0.259. The maximum Gasteiger partial charge on any atom is 0.159 e. The molecule has 0 amide bonds. The number of aliphatic imine (C=N–C) groups is 2. The summed E-state index contributed by atoms with van der Waals surface area (Å²) in [5.41, 5.74) is 13.3. The first-order valence-corrected chi connectivity index (χ1v) is 9.71. The molecule has 0 bridgehead atoms. The molecule has 0 heterocycles. The Balaban J connectivity index is 0.00000312. The standard InChI is InChI=1S/C16H16Cl2N4S2.2BrH/c17-11-3-1-5-13(9-11)21-15(19)23-7-8-24-16(20)22-14-6-2-4-12(18)10-14;;/h1-6,9-10H,7-8H2,(H2,19,21)(H2,20,22);2*1H. The molecule has 0 atom stereocenters. The van der Waals surface area contributed by atoms with Crippen LogP contribution >= 0.6 is 80.7 Å². The van der Waals surface area contributed by atoms with Crippen molar-refractivity contribution in [2.24, 2.45) is 21.5 Å². The number of benzene rings is 2. The highest BCUT2D eigenvalue weighted by Gasteiger charge is 2.00. The van der Waals surface area contributed by atoms with Crippen LogP contribution < -0.4 is 11.5 Å². The van der Waals surface area contributed by atoms with E-state index in [1.807, 2.05) is 24.3 Å². The van der Waals surface area contributed by atoms with Gasteiger partial charge >= 0.3 is 0 Å². The second-order valence-electron chi connectivity index (χ2n) is 4.56. The van der Waals surface area contributed by atoms with Gasteiger partial charge in [0.25, 0.3) is 0 Å². The fourth-order valence-corrected chi connectivity index (χ4v) is 3.50. The molecule has 0 saturated carbocycles. The monoisotopic (exact) mass is 558 g/mol. The molecular weight excluding hydrogens is 543 g/mol. The Labute approximate surface area is 192 Å². The molecule has 0 fully saturated rings. The Morgan fingerprint density at radius 3 is 1.50 bits per heavy atom. The lowest BCUT2D eigenvalue weighted by molar-refractivity contribution is 1.49. The van der Waals surface area contributed by atoms with Gasteiger partial charge in [-0.25, -0.2) is 9.98 Å². The highest BCUT2D eigenvalue weighted by molar-refractivity contribution is 8.93. The van der Waals surface area contributed by atoms with Crippen LogP contribution in [0.2, 0.25) is 10.0 Å². The van der Waals surface area contributed by atoms with Crippen LogP contribution in [0, 0.1) is 0 Å². The van der Waals surface area contributed by atoms with E-state index in [0.29, 0.717) is 20.4 Å². The van der Waals surface area contributed by atoms with Gasteiger partial charge in [-0.05, 0) is 36.4 Å². The molecule has 4 N–H and O–H groups in total. The van der Waals surface area contributed by atoms with Crippen molar-refractivity contribution in [3.63, 3.8) is 0 Å². The van der Waals surface area contributed by atoms with Crippen molar-refractivity contribution in [3.8, 4) is 0 Å². The van der Waals surface area contributed by atoms with E-state index < -0.39 is 0 Å². The molecule has 0 aliphatic rings. The third-order valence-electron chi connectivity index (χ3n) is 2.68. The van der Waals surface area contributed by atoms with E-state index in [0.717, 1.165) is 22.9 Å². The molecule has 0 aromatic heterocycles. The van der Waals surface area contributed by atoms with Crippen LogP contribution in [0.25, 0.3) is 0 Å². The Morgan fingerprint density at radius 1 is 0.769 bits per heavy atom. The van der Waals surface area contributed by atoms with Gasteiger partial charge in [0.1, 0.15) is 0 Å². The van der Waals surface area contributed by atoms with Crippen LogP contribution in [0.4, 0.5) is 11.4 Å². The summed E-state index contributed by atoms with van der Waals surface area (Å²) in [7, 11) is 0. The molecule has 2 aromatic rings. The number of nitrogens with zero attached hydrogens (tertiary/aromatic N) is 2. The molecule has 4 nitrogen and oxygen atoms in total. The van der Waals surface area contributed by atoms with Gasteiger partial charge in [-0.15, -0.1) is 34.0 Å². The van der Waals surface area contributed by atoms with Gasteiger partial charge in [-0.1, -0.05) is 58.9 Å². The number of amidine groups is 2. The van der Waals surface area contributed by atoms with E-state index in [9.17, 15) is 0 Å². The Hall–Kier alpha value is -0.380. The number of rotatable bonds is 5. The SMILES string of the molecule is Br.Br.NC(=Nc1cccc(Cl)c1)SCCSC(N)=Nc1cccc(Cl)c1. The molecule has 26 heavy (non-hydrogen) atoms. The molecule has 0 radical (unpaired) electrons. The molecule has 0 spiro atoms. The molecule has 142 valence electrons. The zero-order valence-electron chi connectivity index (χ0n) is 13.5. The molecule has 0 aliphatic heterocycles. The van der Waals surface area contributed by atoms with Gasteiger partial charge in [-0.2, -0.15) is 0 Å². The average molecular weight is 561 g/mol. The summed E-state index contributed by atoms with van der Waals surface area (Å²) in [5.74, 6) is 1.54. The van der Waals surface area contributed by atoms with Gasteiger partial charge < -0.3 is 11.5 Å². The van der Waals surface area contributed by atoms with Gasteiger partial charge in [0.2, 0.25) is 0 Å². The minimum atomic E-state index is 0. The lowest BCUT2D eigenvalue weighted by Crippen LogP contribution is -2.10. The fraction of sp³-hybridized carbons (Fsp3) is 0.125. The first-order valence-electron chi connectivity index (χ1n) is 6.98. The minimum absolute atomic E-state index is 0. The lowest BCUT2D eigenvalue weighted by Gasteiger charge is -2.02. The average Bonchev–Trinajstić information content (AvgIpc) is 2.51. The van der Waals surface area contributed by atoms with E-state index in [4.69, 9.17) is 34.7 Å². The highest BCUT2D eigenvalue weighted by atomic mass is 79.9. The van der Waals surface area contributed by atoms with Gasteiger partial charge in [0.05, 0.1) is 11.4 Å². The van der Waals surface area contributed by atoms with Crippen molar-refractivity contribution in [1.82, 2.24) is 0 Å². The first kappa shape index (κ1) is 25.6. The van der Waals surface area contributed by atoms with E-state index >= 15 is 0 Å². The molecule has 2 rings (SSSR count). The van der Waals surface area contributed by atoms with Crippen molar-refractivity contribution in [2.75, 3.05) is 11.5 Å². The zero-order chi connectivity index (χ0) is 17.4. The van der Waals surface area contributed by atoms with Crippen molar-refractivity contribution in [3.05, 3.63) is 58.6 Å². The number of halogens is 4. The largest absolute Gasteiger partial charge is 0.378 e. The predicted molar refractivity (Wildman–Crippen MR) is 131 cm³/mol. The van der Waals surface area contributed by atoms with Gasteiger partial charge in [0.15, 0.2) is 10.3 Å². The molecule has 0 saturated heterocycles. The topological polar surface area (TPSA) is 76.8 Å². The van der Waals surface area contributed by atoms with Crippen LogP contribution in [0.15, 0.2) is 58.5 Å². The fourth-order valence-electron chi connectivity index (χ4n) is 1.70. The molecule has 0 aliphatic carbocycles. The third-order valence-corrected chi connectivity index (χ3v) is 5.00. The van der Waals surface area contributed by atoms with Gasteiger partial charge in [-0.3, -0.25) is 0 Å². The van der Waals surface area contributed by atoms with Crippen molar-refractivity contribution < 1.29 is 0 Å². The predicted octanol–water partition coefficient (Wildman–Crippen LogP) is 6.21. The Kier molecular flexibility index (Phi) is 13.5. The molecule has 0 unspecified atom stereocenters. The molecule has 10 heteroatoms. The Bertz CT molecular complexity index is 697. The van der Waals surface area contributed by atoms with Crippen LogP contribution in [0.3, 0.4) is 0 Å². The highest BCUT2D eigenvalue weighted by Crippen LogP contribution is 2.21.